The molecule has 0 unspecified atom stereocenters. The summed E-state index contributed by atoms with van der Waals surface area (Å²) in [6.45, 7) is 6.17. The molecule has 5 aromatic carbocycles. The zero-order valence-corrected chi connectivity index (χ0v) is 21.6. The van der Waals surface area contributed by atoms with Crippen molar-refractivity contribution in [2.45, 2.75) is 6.92 Å². The molecule has 0 fully saturated rings. The highest BCUT2D eigenvalue weighted by atomic mass is 16.3. The lowest BCUT2D eigenvalue weighted by Crippen LogP contribution is -2.26. The number of nitrogens with zero attached hydrogens (tertiary/aromatic N) is 2. The van der Waals surface area contributed by atoms with Crippen LogP contribution in [-0.2, 0) is 0 Å². The summed E-state index contributed by atoms with van der Waals surface area (Å²) in [5.74, 6) is 0.602. The quantitative estimate of drug-likeness (QED) is 0.246. The molecule has 0 spiro atoms. The average molecular weight is 503 g/mol. The second-order valence-corrected chi connectivity index (χ2v) is 9.58. The van der Waals surface area contributed by atoms with Crippen LogP contribution in [0.15, 0.2) is 132 Å². The van der Waals surface area contributed by atoms with Crippen LogP contribution in [0.3, 0.4) is 0 Å². The number of oxazole rings is 1. The first-order chi connectivity index (χ1) is 19.3. The standard InChI is InChI=1S/C36H26N2O/c1-3-24-12-5-6-13-28(24)27(4-2)31-16-11-17-32-35(31)39-36(37-32)25-20-22-26(23-21-25)38-33-18-9-7-14-29(33)30-15-8-10-19-34(30)38/h3-23H,2H2,1H3/b24-3-,28-27+. The number of hydrogen-bond acceptors (Lipinski definition) is 2. The molecule has 2 heterocycles. The molecule has 0 saturated carbocycles. The van der Waals surface area contributed by atoms with Crippen LogP contribution in [0.5, 0.6) is 0 Å². The molecule has 0 aliphatic rings. The molecule has 0 radical (unpaired) electrons. The molecule has 0 atom stereocenters. The van der Waals surface area contributed by atoms with Crippen LogP contribution in [-0.4, -0.2) is 9.55 Å². The van der Waals surface area contributed by atoms with E-state index in [2.05, 4.69) is 127 Å². The number of hydrogen-bond donors (Lipinski definition) is 0. The van der Waals surface area contributed by atoms with Gasteiger partial charge in [-0.2, -0.15) is 0 Å². The van der Waals surface area contributed by atoms with Crippen molar-refractivity contribution in [1.29, 1.82) is 0 Å². The highest BCUT2D eigenvalue weighted by Gasteiger charge is 2.15. The molecule has 186 valence electrons. The van der Waals surface area contributed by atoms with Crippen LogP contribution in [0, 0.1) is 0 Å². The van der Waals surface area contributed by atoms with Gasteiger partial charge >= 0.3 is 0 Å². The van der Waals surface area contributed by atoms with Crippen LogP contribution in [0.4, 0.5) is 0 Å². The fraction of sp³-hybridized carbons (Fsp3) is 0.0278. The van der Waals surface area contributed by atoms with Crippen molar-refractivity contribution < 1.29 is 4.42 Å². The molecule has 7 aromatic rings. The third kappa shape index (κ3) is 3.71. The normalized spacial score (nSPS) is 12.9. The van der Waals surface area contributed by atoms with Gasteiger partial charge in [-0.25, -0.2) is 4.98 Å². The van der Waals surface area contributed by atoms with E-state index in [1.54, 1.807) is 0 Å². The number of allylic oxidation sites excluding steroid dienone is 1. The Hall–Kier alpha value is -5.15. The summed E-state index contributed by atoms with van der Waals surface area (Å²) in [6.07, 6.45) is 4.02. The Morgan fingerprint density at radius 3 is 2.10 bits per heavy atom. The number of fused-ring (bicyclic) bond motifs is 4. The maximum absolute atomic E-state index is 6.44. The predicted molar refractivity (Wildman–Crippen MR) is 162 cm³/mol. The highest BCUT2D eigenvalue weighted by molar-refractivity contribution is 6.09. The van der Waals surface area contributed by atoms with Gasteiger partial charge in [-0.15, -0.1) is 0 Å². The maximum Gasteiger partial charge on any atom is 0.227 e. The molecular formula is C36H26N2O. The zero-order valence-electron chi connectivity index (χ0n) is 21.6. The third-order valence-electron chi connectivity index (χ3n) is 7.42. The number of rotatable bonds is 4. The van der Waals surface area contributed by atoms with Gasteiger partial charge in [0.05, 0.1) is 11.0 Å². The van der Waals surface area contributed by atoms with Gasteiger partial charge in [0.25, 0.3) is 0 Å². The van der Waals surface area contributed by atoms with Crippen molar-refractivity contribution in [2.24, 2.45) is 0 Å². The van der Waals surface area contributed by atoms with Crippen molar-refractivity contribution >= 4 is 44.6 Å². The average Bonchev–Trinajstić information content (AvgIpc) is 3.58. The monoisotopic (exact) mass is 502 g/mol. The van der Waals surface area contributed by atoms with Crippen molar-refractivity contribution in [3.63, 3.8) is 0 Å². The minimum Gasteiger partial charge on any atom is -0.435 e. The molecule has 0 aliphatic heterocycles. The summed E-state index contributed by atoms with van der Waals surface area (Å²) >= 11 is 0. The Morgan fingerprint density at radius 1 is 0.744 bits per heavy atom. The fourth-order valence-electron chi connectivity index (χ4n) is 5.60. The Kier molecular flexibility index (Phi) is 5.49. The smallest absolute Gasteiger partial charge is 0.227 e. The van der Waals surface area contributed by atoms with Crippen molar-refractivity contribution in [2.75, 3.05) is 0 Å². The molecule has 0 amide bonds. The van der Waals surface area contributed by atoms with Crippen molar-refractivity contribution in [3.8, 4) is 17.1 Å². The van der Waals surface area contributed by atoms with E-state index < -0.39 is 0 Å². The molecule has 0 saturated heterocycles. The van der Waals surface area contributed by atoms with Crippen LogP contribution >= 0.6 is 0 Å². The minimum atomic E-state index is 0.602. The van der Waals surface area contributed by atoms with E-state index in [9.17, 15) is 0 Å². The van der Waals surface area contributed by atoms with E-state index in [1.807, 2.05) is 18.2 Å². The maximum atomic E-state index is 6.44. The molecule has 0 bridgehead atoms. The lowest BCUT2D eigenvalue weighted by atomic mass is 10.0. The van der Waals surface area contributed by atoms with Gasteiger partial charge < -0.3 is 8.98 Å². The number of benzene rings is 5. The molecule has 39 heavy (non-hydrogen) atoms. The Morgan fingerprint density at radius 2 is 1.41 bits per heavy atom. The third-order valence-corrected chi connectivity index (χ3v) is 7.42. The lowest BCUT2D eigenvalue weighted by molar-refractivity contribution is 0.619. The fourth-order valence-corrected chi connectivity index (χ4v) is 5.60. The Balaban J connectivity index is 1.36. The minimum absolute atomic E-state index is 0.602. The summed E-state index contributed by atoms with van der Waals surface area (Å²) < 4.78 is 8.75. The van der Waals surface area contributed by atoms with Gasteiger partial charge in [0.1, 0.15) is 5.52 Å². The molecule has 3 heteroatoms. The van der Waals surface area contributed by atoms with Crippen LogP contribution < -0.4 is 10.4 Å². The zero-order chi connectivity index (χ0) is 26.3. The largest absolute Gasteiger partial charge is 0.435 e. The summed E-state index contributed by atoms with van der Waals surface area (Å²) in [4.78, 5) is 4.86. The van der Waals surface area contributed by atoms with Gasteiger partial charge in [-0.3, -0.25) is 0 Å². The van der Waals surface area contributed by atoms with Gasteiger partial charge in [0.2, 0.25) is 5.89 Å². The van der Waals surface area contributed by atoms with Gasteiger partial charge in [-0.1, -0.05) is 91.5 Å². The Bertz CT molecular complexity index is 2090. The van der Waals surface area contributed by atoms with E-state index in [-0.39, 0.29) is 0 Å². The van der Waals surface area contributed by atoms with Crippen molar-refractivity contribution in [1.82, 2.24) is 9.55 Å². The highest BCUT2D eigenvalue weighted by Crippen LogP contribution is 2.33. The number of para-hydroxylation sites is 3. The summed E-state index contributed by atoms with van der Waals surface area (Å²) in [7, 11) is 0. The molecular weight excluding hydrogens is 476 g/mol. The Labute approximate surface area is 226 Å². The van der Waals surface area contributed by atoms with E-state index >= 15 is 0 Å². The van der Waals surface area contributed by atoms with Gasteiger partial charge in [0.15, 0.2) is 5.58 Å². The second-order valence-electron chi connectivity index (χ2n) is 9.58. The molecule has 0 aliphatic carbocycles. The van der Waals surface area contributed by atoms with Crippen LogP contribution in [0.25, 0.3) is 61.7 Å². The second kappa shape index (κ2) is 9.30. The topological polar surface area (TPSA) is 31.0 Å². The molecule has 2 aromatic heterocycles. The molecule has 7 rings (SSSR count). The SMILES string of the molecule is C=C/C(c1cccc2nc(-c3ccc(-n4c5ccccc5c5ccccc54)cc3)oc12)=c1/cccc/c1=C/C. The first kappa shape index (κ1) is 23.0. The van der Waals surface area contributed by atoms with Crippen molar-refractivity contribution in [3.05, 3.63) is 144 Å². The molecule has 0 N–H and O–H groups in total. The number of aromatic nitrogens is 2. The van der Waals surface area contributed by atoms with Gasteiger partial charge in [0, 0.05) is 27.6 Å². The predicted octanol–water partition coefficient (Wildman–Crippen LogP) is 7.78. The van der Waals surface area contributed by atoms with E-state index in [4.69, 9.17) is 9.40 Å². The first-order valence-corrected chi connectivity index (χ1v) is 13.1. The van der Waals surface area contributed by atoms with E-state index in [0.29, 0.717) is 5.89 Å². The van der Waals surface area contributed by atoms with E-state index in [0.717, 1.165) is 43.9 Å². The van der Waals surface area contributed by atoms with E-state index in [1.165, 1.54) is 21.8 Å². The summed E-state index contributed by atoms with van der Waals surface area (Å²) in [6, 6.07) is 40.0. The van der Waals surface area contributed by atoms with Crippen LogP contribution in [0.1, 0.15) is 12.5 Å². The van der Waals surface area contributed by atoms with Crippen LogP contribution in [0.2, 0.25) is 0 Å². The summed E-state index contributed by atoms with van der Waals surface area (Å²) in [5.41, 5.74) is 8.01. The molecule has 3 nitrogen and oxygen atoms in total. The lowest BCUT2D eigenvalue weighted by Gasteiger charge is -2.08. The van der Waals surface area contributed by atoms with Gasteiger partial charge in [-0.05, 0) is 65.4 Å². The summed E-state index contributed by atoms with van der Waals surface area (Å²) in [5, 5.41) is 4.78. The first-order valence-electron chi connectivity index (χ1n) is 13.1.